The zero-order chi connectivity index (χ0) is 20.5. The predicted molar refractivity (Wildman–Crippen MR) is 118 cm³/mol. The number of nitrogens with one attached hydrogen (secondary N) is 1. The summed E-state index contributed by atoms with van der Waals surface area (Å²) in [7, 11) is 0. The highest BCUT2D eigenvalue weighted by Crippen LogP contribution is 2.24. The molecule has 0 spiro atoms. The Kier molecular flexibility index (Phi) is 7.59. The first-order valence-corrected chi connectivity index (χ1v) is 10.4. The minimum Gasteiger partial charge on any atom is -0.355 e. The van der Waals surface area contributed by atoms with Crippen LogP contribution in [0.15, 0.2) is 66.9 Å². The summed E-state index contributed by atoms with van der Waals surface area (Å²) >= 11 is 0. The van der Waals surface area contributed by atoms with Gasteiger partial charge in [0, 0.05) is 31.3 Å². The van der Waals surface area contributed by atoms with Gasteiger partial charge in [-0.2, -0.15) is 5.10 Å². The van der Waals surface area contributed by atoms with E-state index in [1.165, 1.54) is 0 Å². The van der Waals surface area contributed by atoms with Gasteiger partial charge in [0.15, 0.2) is 0 Å². The van der Waals surface area contributed by atoms with Crippen LogP contribution in [0.25, 0.3) is 16.9 Å². The lowest BCUT2D eigenvalue weighted by Crippen LogP contribution is -2.34. The van der Waals surface area contributed by atoms with Crippen molar-refractivity contribution < 1.29 is 4.79 Å². The Labute approximate surface area is 173 Å². The number of rotatable bonds is 10. The number of aryl methyl sites for hydroxylation is 1. The van der Waals surface area contributed by atoms with Gasteiger partial charge in [0.25, 0.3) is 0 Å². The van der Waals surface area contributed by atoms with Gasteiger partial charge < -0.3 is 10.2 Å². The molecule has 152 valence electrons. The maximum absolute atomic E-state index is 12.3. The van der Waals surface area contributed by atoms with Crippen molar-refractivity contribution in [1.29, 1.82) is 0 Å². The molecule has 0 saturated carbocycles. The van der Waals surface area contributed by atoms with E-state index in [1.54, 1.807) is 0 Å². The Morgan fingerprint density at radius 1 is 1.00 bits per heavy atom. The monoisotopic (exact) mass is 390 g/mol. The Hall–Kier alpha value is -2.92. The molecule has 1 amide bonds. The van der Waals surface area contributed by atoms with E-state index in [2.05, 4.69) is 36.2 Å². The molecule has 0 aliphatic rings. The van der Waals surface area contributed by atoms with Gasteiger partial charge in [0.2, 0.25) is 5.91 Å². The minimum absolute atomic E-state index is 0.0867. The molecule has 0 unspecified atom stereocenters. The minimum atomic E-state index is 0.0867. The topological polar surface area (TPSA) is 50.2 Å². The van der Waals surface area contributed by atoms with E-state index in [-0.39, 0.29) is 5.91 Å². The van der Waals surface area contributed by atoms with E-state index in [4.69, 9.17) is 5.10 Å². The van der Waals surface area contributed by atoms with Crippen LogP contribution in [0.3, 0.4) is 0 Å². The Balaban J connectivity index is 1.69. The Bertz CT molecular complexity index is 886. The number of para-hydroxylation sites is 1. The third-order valence-corrected chi connectivity index (χ3v) is 5.12. The highest BCUT2D eigenvalue weighted by Gasteiger charge is 2.13. The first kappa shape index (κ1) is 20.8. The number of hydrogen-bond acceptors (Lipinski definition) is 3. The van der Waals surface area contributed by atoms with Gasteiger partial charge in [-0.05, 0) is 37.2 Å². The van der Waals surface area contributed by atoms with Crippen molar-refractivity contribution in [2.75, 3.05) is 26.2 Å². The average molecular weight is 391 g/mol. The van der Waals surface area contributed by atoms with Gasteiger partial charge >= 0.3 is 0 Å². The zero-order valence-corrected chi connectivity index (χ0v) is 17.3. The third-order valence-electron chi connectivity index (χ3n) is 5.12. The van der Waals surface area contributed by atoms with E-state index in [0.717, 1.165) is 42.1 Å². The van der Waals surface area contributed by atoms with Crippen LogP contribution < -0.4 is 5.32 Å². The Morgan fingerprint density at radius 2 is 1.66 bits per heavy atom. The van der Waals surface area contributed by atoms with E-state index in [1.807, 2.05) is 59.4 Å². The second-order valence-electron chi connectivity index (χ2n) is 7.03. The Morgan fingerprint density at radius 3 is 2.31 bits per heavy atom. The molecular formula is C24H30N4O. The van der Waals surface area contributed by atoms with Crippen LogP contribution in [0.5, 0.6) is 0 Å². The van der Waals surface area contributed by atoms with Crippen molar-refractivity contribution in [1.82, 2.24) is 20.0 Å². The summed E-state index contributed by atoms with van der Waals surface area (Å²) in [5.74, 6) is 0.0867. The van der Waals surface area contributed by atoms with Crippen LogP contribution >= 0.6 is 0 Å². The number of benzene rings is 2. The van der Waals surface area contributed by atoms with Gasteiger partial charge in [-0.1, -0.05) is 62.4 Å². The summed E-state index contributed by atoms with van der Waals surface area (Å²) in [6.45, 7) is 7.87. The standard InChI is InChI=1S/C24H30N4O/c1-3-27(4-2)18-17-25-23(29)16-15-21-19-28(22-13-9-6-10-14-22)26-24(21)20-11-7-5-8-12-20/h5-14,19H,3-4,15-18H2,1-2H3,(H,25,29). The maximum atomic E-state index is 12.3. The van der Waals surface area contributed by atoms with E-state index < -0.39 is 0 Å². The summed E-state index contributed by atoms with van der Waals surface area (Å²) in [6.07, 6.45) is 3.16. The molecule has 29 heavy (non-hydrogen) atoms. The molecule has 2 aromatic carbocycles. The zero-order valence-electron chi connectivity index (χ0n) is 17.3. The quantitative estimate of drug-likeness (QED) is 0.571. The summed E-state index contributed by atoms with van der Waals surface area (Å²) in [4.78, 5) is 14.6. The van der Waals surface area contributed by atoms with Crippen LogP contribution in [0.1, 0.15) is 25.8 Å². The fourth-order valence-corrected chi connectivity index (χ4v) is 3.37. The van der Waals surface area contributed by atoms with Crippen LogP contribution in [-0.2, 0) is 11.2 Å². The van der Waals surface area contributed by atoms with E-state index >= 15 is 0 Å². The van der Waals surface area contributed by atoms with Crippen molar-refractivity contribution >= 4 is 5.91 Å². The largest absolute Gasteiger partial charge is 0.355 e. The molecule has 0 atom stereocenters. The lowest BCUT2D eigenvalue weighted by molar-refractivity contribution is -0.121. The highest BCUT2D eigenvalue weighted by molar-refractivity contribution is 5.76. The molecule has 0 radical (unpaired) electrons. The van der Waals surface area contributed by atoms with Crippen molar-refractivity contribution in [3.63, 3.8) is 0 Å². The maximum Gasteiger partial charge on any atom is 0.220 e. The first-order valence-electron chi connectivity index (χ1n) is 10.4. The first-order chi connectivity index (χ1) is 14.2. The van der Waals surface area contributed by atoms with Gasteiger partial charge in [-0.3, -0.25) is 4.79 Å². The van der Waals surface area contributed by atoms with E-state index in [0.29, 0.717) is 19.4 Å². The summed E-state index contributed by atoms with van der Waals surface area (Å²) < 4.78 is 1.90. The molecule has 0 bridgehead atoms. The normalized spacial score (nSPS) is 11.0. The molecule has 1 N–H and O–H groups in total. The molecule has 0 aliphatic heterocycles. The number of hydrogen-bond donors (Lipinski definition) is 1. The van der Waals surface area contributed by atoms with E-state index in [9.17, 15) is 4.79 Å². The van der Waals surface area contributed by atoms with Gasteiger partial charge in [-0.25, -0.2) is 4.68 Å². The van der Waals surface area contributed by atoms with Gasteiger partial charge in [-0.15, -0.1) is 0 Å². The lowest BCUT2D eigenvalue weighted by Gasteiger charge is -2.17. The van der Waals surface area contributed by atoms with Crippen molar-refractivity contribution in [3.8, 4) is 16.9 Å². The number of aromatic nitrogens is 2. The predicted octanol–water partition coefficient (Wildman–Crippen LogP) is 3.93. The SMILES string of the molecule is CCN(CC)CCNC(=O)CCc1cn(-c2ccccc2)nc1-c1ccccc1. The number of likely N-dealkylation sites (N-methyl/N-ethyl adjacent to an activating group) is 1. The van der Waals surface area contributed by atoms with Crippen LogP contribution in [0, 0.1) is 0 Å². The van der Waals surface area contributed by atoms with Crippen molar-refractivity contribution in [2.45, 2.75) is 26.7 Å². The van der Waals surface area contributed by atoms with Crippen molar-refractivity contribution in [3.05, 3.63) is 72.4 Å². The third kappa shape index (κ3) is 5.78. The molecule has 0 fully saturated rings. The van der Waals surface area contributed by atoms with Crippen LogP contribution in [0.2, 0.25) is 0 Å². The molecule has 5 nitrogen and oxygen atoms in total. The summed E-state index contributed by atoms with van der Waals surface area (Å²) in [6, 6.07) is 20.2. The van der Waals surface area contributed by atoms with Gasteiger partial charge in [0.05, 0.1) is 11.4 Å². The second-order valence-corrected chi connectivity index (χ2v) is 7.03. The second kappa shape index (κ2) is 10.6. The molecule has 1 aromatic heterocycles. The molecular weight excluding hydrogens is 360 g/mol. The summed E-state index contributed by atoms with van der Waals surface area (Å²) in [5, 5.41) is 7.86. The molecule has 1 heterocycles. The fourth-order valence-electron chi connectivity index (χ4n) is 3.37. The molecule has 3 rings (SSSR count). The van der Waals surface area contributed by atoms with Crippen molar-refractivity contribution in [2.24, 2.45) is 0 Å². The number of carbonyl (C=O) groups is 1. The van der Waals surface area contributed by atoms with Crippen LogP contribution in [0.4, 0.5) is 0 Å². The number of carbonyl (C=O) groups excluding carboxylic acids is 1. The number of amides is 1. The average Bonchev–Trinajstić information content (AvgIpc) is 3.21. The molecule has 0 aliphatic carbocycles. The highest BCUT2D eigenvalue weighted by atomic mass is 16.1. The molecule has 5 heteroatoms. The number of nitrogens with zero attached hydrogens (tertiary/aromatic N) is 3. The smallest absolute Gasteiger partial charge is 0.220 e. The van der Waals surface area contributed by atoms with Crippen LogP contribution in [-0.4, -0.2) is 46.8 Å². The molecule has 0 saturated heterocycles. The summed E-state index contributed by atoms with van der Waals surface area (Å²) in [5.41, 5.74) is 4.10. The van der Waals surface area contributed by atoms with Gasteiger partial charge in [0.1, 0.15) is 0 Å². The lowest BCUT2D eigenvalue weighted by atomic mass is 10.0. The molecule has 3 aromatic rings. The fraction of sp³-hybridized carbons (Fsp3) is 0.333.